The third-order valence-corrected chi connectivity index (χ3v) is 3.41. The van der Waals surface area contributed by atoms with Crippen LogP contribution in [0.4, 0.5) is 0 Å². The first-order chi connectivity index (χ1) is 9.20. The number of nitriles is 1. The van der Waals surface area contributed by atoms with Gasteiger partial charge in [0.1, 0.15) is 0 Å². The maximum absolute atomic E-state index is 8.75. The molecule has 0 bridgehead atoms. The Morgan fingerprint density at radius 1 is 1.16 bits per heavy atom. The van der Waals surface area contributed by atoms with Crippen molar-refractivity contribution in [1.82, 2.24) is 5.32 Å². The highest BCUT2D eigenvalue weighted by atomic mass is 35.5. The van der Waals surface area contributed by atoms with Crippen LogP contribution in [-0.4, -0.2) is 0 Å². The van der Waals surface area contributed by atoms with Crippen molar-refractivity contribution < 1.29 is 0 Å². The summed E-state index contributed by atoms with van der Waals surface area (Å²) in [6.07, 6.45) is 0. The summed E-state index contributed by atoms with van der Waals surface area (Å²) in [4.78, 5) is 0. The van der Waals surface area contributed by atoms with Crippen LogP contribution in [0, 0.1) is 11.3 Å². The third kappa shape index (κ3) is 3.57. The van der Waals surface area contributed by atoms with Crippen molar-refractivity contribution >= 4 is 11.6 Å². The van der Waals surface area contributed by atoms with E-state index in [-0.39, 0.29) is 6.04 Å². The molecule has 0 radical (unpaired) electrons. The second-order valence-electron chi connectivity index (χ2n) is 4.43. The minimum Gasteiger partial charge on any atom is -0.306 e. The zero-order valence-corrected chi connectivity index (χ0v) is 11.5. The number of nitrogens with one attached hydrogen (secondary N) is 1. The molecule has 0 fully saturated rings. The Hall–Kier alpha value is -1.82. The van der Waals surface area contributed by atoms with Gasteiger partial charge in [-0.2, -0.15) is 5.26 Å². The summed E-state index contributed by atoms with van der Waals surface area (Å²) < 4.78 is 0. The quantitative estimate of drug-likeness (QED) is 0.909. The van der Waals surface area contributed by atoms with E-state index in [1.54, 1.807) is 0 Å². The summed E-state index contributed by atoms with van der Waals surface area (Å²) in [6.45, 7) is 2.84. The van der Waals surface area contributed by atoms with Crippen LogP contribution in [-0.2, 0) is 6.54 Å². The van der Waals surface area contributed by atoms with Gasteiger partial charge in [-0.15, -0.1) is 0 Å². The van der Waals surface area contributed by atoms with Crippen molar-refractivity contribution in [3.63, 3.8) is 0 Å². The van der Waals surface area contributed by atoms with E-state index in [4.69, 9.17) is 16.9 Å². The molecule has 2 aromatic rings. The Kier molecular flexibility index (Phi) is 4.57. The van der Waals surface area contributed by atoms with E-state index in [2.05, 4.69) is 18.3 Å². The van der Waals surface area contributed by atoms with Crippen LogP contribution in [0.25, 0.3) is 0 Å². The third-order valence-electron chi connectivity index (χ3n) is 3.07. The Morgan fingerprint density at radius 2 is 1.84 bits per heavy atom. The van der Waals surface area contributed by atoms with Crippen molar-refractivity contribution in [2.75, 3.05) is 0 Å². The average molecular weight is 271 g/mol. The van der Waals surface area contributed by atoms with Crippen LogP contribution >= 0.6 is 11.6 Å². The summed E-state index contributed by atoms with van der Waals surface area (Å²) in [5.41, 5.74) is 2.93. The van der Waals surface area contributed by atoms with Crippen molar-refractivity contribution in [3.05, 3.63) is 70.2 Å². The van der Waals surface area contributed by atoms with Gasteiger partial charge in [0, 0.05) is 17.6 Å². The smallest absolute Gasteiger partial charge is 0.0991 e. The molecular weight excluding hydrogens is 256 g/mol. The lowest BCUT2D eigenvalue weighted by molar-refractivity contribution is 0.575. The van der Waals surface area contributed by atoms with Gasteiger partial charge in [-0.1, -0.05) is 41.9 Å². The van der Waals surface area contributed by atoms with Crippen molar-refractivity contribution in [3.8, 4) is 6.07 Å². The van der Waals surface area contributed by atoms with Gasteiger partial charge >= 0.3 is 0 Å². The normalized spacial score (nSPS) is 11.8. The lowest BCUT2D eigenvalue weighted by Crippen LogP contribution is -2.18. The number of benzene rings is 2. The van der Waals surface area contributed by atoms with Gasteiger partial charge in [-0.3, -0.25) is 0 Å². The van der Waals surface area contributed by atoms with E-state index in [1.165, 1.54) is 0 Å². The lowest BCUT2D eigenvalue weighted by atomic mass is 10.1. The minimum absolute atomic E-state index is 0.185. The molecule has 0 aliphatic heterocycles. The first-order valence-corrected chi connectivity index (χ1v) is 6.55. The monoisotopic (exact) mass is 270 g/mol. The highest BCUT2D eigenvalue weighted by Gasteiger charge is 2.08. The van der Waals surface area contributed by atoms with Gasteiger partial charge in [0.25, 0.3) is 0 Å². The van der Waals surface area contributed by atoms with Crippen LogP contribution in [0.3, 0.4) is 0 Å². The predicted molar refractivity (Wildman–Crippen MR) is 77.9 cm³/mol. The minimum atomic E-state index is 0.185. The largest absolute Gasteiger partial charge is 0.306 e. The van der Waals surface area contributed by atoms with Gasteiger partial charge in [-0.05, 0) is 36.2 Å². The van der Waals surface area contributed by atoms with Gasteiger partial charge in [-0.25, -0.2) is 0 Å². The lowest BCUT2D eigenvalue weighted by Gasteiger charge is -2.15. The molecular formula is C16H15ClN2. The van der Waals surface area contributed by atoms with Crippen molar-refractivity contribution in [2.45, 2.75) is 19.5 Å². The molecule has 0 heterocycles. The first kappa shape index (κ1) is 13.6. The standard InChI is InChI=1S/C16H15ClN2/c1-12(15-4-2-3-5-16(15)17)19-11-14-8-6-13(10-18)7-9-14/h2-9,12,19H,11H2,1H3/t12-/m1/s1. The number of halogens is 1. The fourth-order valence-corrected chi connectivity index (χ4v) is 2.20. The first-order valence-electron chi connectivity index (χ1n) is 6.17. The molecule has 2 aromatic carbocycles. The van der Waals surface area contributed by atoms with Crippen LogP contribution in [0.2, 0.25) is 5.02 Å². The molecule has 2 nitrogen and oxygen atoms in total. The molecule has 0 aliphatic rings. The molecule has 1 N–H and O–H groups in total. The molecule has 0 aliphatic carbocycles. The fraction of sp³-hybridized carbons (Fsp3) is 0.188. The summed E-state index contributed by atoms with van der Waals surface area (Å²) in [5.74, 6) is 0. The highest BCUT2D eigenvalue weighted by molar-refractivity contribution is 6.31. The SMILES string of the molecule is C[C@@H](NCc1ccc(C#N)cc1)c1ccccc1Cl. The molecule has 0 amide bonds. The average Bonchev–Trinajstić information content (AvgIpc) is 2.46. The van der Waals surface area contributed by atoms with Gasteiger partial charge in [0.15, 0.2) is 0 Å². The van der Waals surface area contributed by atoms with Crippen LogP contribution in [0.15, 0.2) is 48.5 Å². The maximum atomic E-state index is 8.75. The Morgan fingerprint density at radius 3 is 2.47 bits per heavy atom. The summed E-state index contributed by atoms with van der Waals surface area (Å²) >= 11 is 6.16. The topological polar surface area (TPSA) is 35.8 Å². The molecule has 0 spiro atoms. The van der Waals surface area contributed by atoms with E-state index in [0.717, 1.165) is 22.7 Å². The second-order valence-corrected chi connectivity index (χ2v) is 4.84. The van der Waals surface area contributed by atoms with Gasteiger partial charge < -0.3 is 5.32 Å². The fourth-order valence-electron chi connectivity index (χ4n) is 1.90. The molecule has 1 atom stereocenters. The van der Waals surface area contributed by atoms with Crippen molar-refractivity contribution in [1.29, 1.82) is 5.26 Å². The van der Waals surface area contributed by atoms with E-state index >= 15 is 0 Å². The Labute approximate surface area is 118 Å². The summed E-state index contributed by atoms with van der Waals surface area (Å²) in [5, 5.41) is 13.0. The number of hydrogen-bond acceptors (Lipinski definition) is 2. The predicted octanol–water partition coefficient (Wildman–Crippen LogP) is 4.06. The van der Waals surface area contributed by atoms with Crippen LogP contribution in [0.5, 0.6) is 0 Å². The Balaban J connectivity index is 1.98. The van der Waals surface area contributed by atoms with E-state index < -0.39 is 0 Å². The summed E-state index contributed by atoms with van der Waals surface area (Å²) in [6, 6.07) is 17.7. The zero-order chi connectivity index (χ0) is 13.7. The number of nitrogens with zero attached hydrogens (tertiary/aromatic N) is 1. The molecule has 2 rings (SSSR count). The van der Waals surface area contributed by atoms with E-state index in [9.17, 15) is 0 Å². The highest BCUT2D eigenvalue weighted by Crippen LogP contribution is 2.22. The van der Waals surface area contributed by atoms with Crippen LogP contribution in [0.1, 0.15) is 29.7 Å². The van der Waals surface area contributed by atoms with Crippen molar-refractivity contribution in [2.24, 2.45) is 0 Å². The van der Waals surface area contributed by atoms with Gasteiger partial charge in [0.2, 0.25) is 0 Å². The molecule has 3 heteroatoms. The Bertz CT molecular complexity index is 584. The number of rotatable bonds is 4. The number of hydrogen-bond donors (Lipinski definition) is 1. The van der Waals surface area contributed by atoms with Gasteiger partial charge in [0.05, 0.1) is 11.6 Å². The molecule has 0 saturated heterocycles. The second kappa shape index (κ2) is 6.38. The molecule has 0 saturated carbocycles. The van der Waals surface area contributed by atoms with E-state index in [0.29, 0.717) is 5.56 Å². The maximum Gasteiger partial charge on any atom is 0.0991 e. The molecule has 0 aromatic heterocycles. The van der Waals surface area contributed by atoms with Crippen LogP contribution < -0.4 is 5.32 Å². The molecule has 96 valence electrons. The molecule has 19 heavy (non-hydrogen) atoms. The molecule has 0 unspecified atom stereocenters. The summed E-state index contributed by atoms with van der Waals surface area (Å²) in [7, 11) is 0. The van der Waals surface area contributed by atoms with E-state index in [1.807, 2.05) is 48.5 Å². The zero-order valence-electron chi connectivity index (χ0n) is 10.7.